The van der Waals surface area contributed by atoms with Crippen molar-refractivity contribution in [2.75, 3.05) is 24.6 Å². The Hall–Kier alpha value is -1.10. The third-order valence-electron chi connectivity index (χ3n) is 2.69. The van der Waals surface area contributed by atoms with Crippen molar-refractivity contribution in [1.82, 2.24) is 15.0 Å². The van der Waals surface area contributed by atoms with E-state index in [-0.39, 0.29) is 5.28 Å². The third-order valence-corrected chi connectivity index (χ3v) is 2.86. The highest BCUT2D eigenvalue weighted by atomic mass is 35.5. The van der Waals surface area contributed by atoms with Gasteiger partial charge in [-0.05, 0) is 30.9 Å². The maximum Gasteiger partial charge on any atom is 0.322 e. The summed E-state index contributed by atoms with van der Waals surface area (Å²) < 4.78 is 5.45. The molecular weight excluding hydrogens is 240 g/mol. The maximum atomic E-state index is 5.87. The van der Waals surface area contributed by atoms with Gasteiger partial charge in [0, 0.05) is 13.1 Å². The molecule has 1 aliphatic rings. The number of hydrogen-bond donors (Lipinski definition) is 0. The maximum absolute atomic E-state index is 5.87. The predicted molar refractivity (Wildman–Crippen MR) is 66.7 cm³/mol. The van der Waals surface area contributed by atoms with E-state index in [1.54, 1.807) is 0 Å². The molecule has 0 unspecified atom stereocenters. The van der Waals surface area contributed by atoms with E-state index < -0.39 is 0 Å². The lowest BCUT2D eigenvalue weighted by Gasteiger charge is -2.15. The summed E-state index contributed by atoms with van der Waals surface area (Å²) in [7, 11) is 0. The summed E-state index contributed by atoms with van der Waals surface area (Å²) in [6, 6.07) is 0.334. The monoisotopic (exact) mass is 256 g/mol. The molecule has 0 saturated carbocycles. The quantitative estimate of drug-likeness (QED) is 0.757. The average Bonchev–Trinajstić information content (AvgIpc) is 2.82. The van der Waals surface area contributed by atoms with Gasteiger partial charge >= 0.3 is 6.01 Å². The van der Waals surface area contributed by atoms with Crippen LogP contribution in [0.2, 0.25) is 5.28 Å². The summed E-state index contributed by atoms with van der Waals surface area (Å²) in [5, 5.41) is 0.202. The number of ether oxygens (including phenoxy) is 1. The molecule has 94 valence electrons. The van der Waals surface area contributed by atoms with E-state index in [0.717, 1.165) is 25.9 Å². The molecule has 5 nitrogen and oxygen atoms in total. The molecule has 0 atom stereocenters. The first-order chi connectivity index (χ1) is 8.29. The molecule has 0 aromatic carbocycles. The summed E-state index contributed by atoms with van der Waals surface area (Å²) in [4.78, 5) is 14.5. The van der Waals surface area contributed by atoms with E-state index >= 15 is 0 Å². The fourth-order valence-corrected chi connectivity index (χ4v) is 1.90. The van der Waals surface area contributed by atoms with Gasteiger partial charge in [0.25, 0.3) is 0 Å². The number of aromatic nitrogens is 3. The first-order valence-electron chi connectivity index (χ1n) is 6.09. The Bertz CT molecular complexity index is 368. The zero-order chi connectivity index (χ0) is 12.1. The zero-order valence-corrected chi connectivity index (χ0v) is 10.8. The molecule has 1 aromatic heterocycles. The number of unbranched alkanes of at least 4 members (excludes halogenated alkanes) is 1. The first kappa shape index (κ1) is 12.4. The lowest BCUT2D eigenvalue weighted by Crippen LogP contribution is -2.21. The summed E-state index contributed by atoms with van der Waals surface area (Å²) in [5.74, 6) is 0.633. The Balaban J connectivity index is 2.05. The molecule has 1 fully saturated rings. The van der Waals surface area contributed by atoms with Crippen molar-refractivity contribution in [3.05, 3.63) is 5.28 Å². The molecule has 1 saturated heterocycles. The molecule has 0 spiro atoms. The van der Waals surface area contributed by atoms with Crippen molar-refractivity contribution in [2.24, 2.45) is 0 Å². The Morgan fingerprint density at radius 3 is 2.71 bits per heavy atom. The second kappa shape index (κ2) is 6.00. The predicted octanol–water partition coefficient (Wildman–Crippen LogP) is 2.30. The summed E-state index contributed by atoms with van der Waals surface area (Å²) >= 11 is 5.87. The fraction of sp³-hybridized carbons (Fsp3) is 0.727. The van der Waals surface area contributed by atoms with Crippen LogP contribution in [0.3, 0.4) is 0 Å². The van der Waals surface area contributed by atoms with Crippen LogP contribution in [0.4, 0.5) is 5.95 Å². The van der Waals surface area contributed by atoms with Gasteiger partial charge in [-0.2, -0.15) is 15.0 Å². The van der Waals surface area contributed by atoms with Crippen LogP contribution in [-0.2, 0) is 0 Å². The van der Waals surface area contributed by atoms with Crippen LogP contribution in [0.5, 0.6) is 6.01 Å². The second-order valence-corrected chi connectivity index (χ2v) is 4.42. The van der Waals surface area contributed by atoms with Crippen molar-refractivity contribution in [3.8, 4) is 6.01 Å². The minimum atomic E-state index is 0.202. The van der Waals surface area contributed by atoms with Gasteiger partial charge in [-0.25, -0.2) is 0 Å². The van der Waals surface area contributed by atoms with Crippen molar-refractivity contribution in [1.29, 1.82) is 0 Å². The number of rotatable bonds is 5. The molecule has 0 radical (unpaired) electrons. The van der Waals surface area contributed by atoms with E-state index in [2.05, 4.69) is 26.8 Å². The van der Waals surface area contributed by atoms with E-state index in [9.17, 15) is 0 Å². The second-order valence-electron chi connectivity index (χ2n) is 4.08. The number of hydrogen-bond acceptors (Lipinski definition) is 5. The largest absolute Gasteiger partial charge is 0.463 e. The van der Waals surface area contributed by atoms with Crippen LogP contribution in [0, 0.1) is 0 Å². The van der Waals surface area contributed by atoms with Gasteiger partial charge in [0.05, 0.1) is 6.61 Å². The van der Waals surface area contributed by atoms with E-state index in [1.807, 2.05) is 0 Å². The normalized spacial score (nSPS) is 15.3. The standard InChI is InChI=1S/C11H17ClN4O/c1-2-3-8-17-11-14-9(12)13-10(15-11)16-6-4-5-7-16/h2-8H2,1H3. The van der Waals surface area contributed by atoms with Gasteiger partial charge in [0.15, 0.2) is 0 Å². The van der Waals surface area contributed by atoms with E-state index in [4.69, 9.17) is 16.3 Å². The Labute approximate surface area is 106 Å². The molecule has 2 heterocycles. The molecule has 0 bridgehead atoms. The average molecular weight is 257 g/mol. The molecule has 0 aliphatic carbocycles. The highest BCUT2D eigenvalue weighted by Gasteiger charge is 2.17. The highest BCUT2D eigenvalue weighted by molar-refractivity contribution is 6.28. The van der Waals surface area contributed by atoms with E-state index in [1.165, 1.54) is 12.8 Å². The summed E-state index contributed by atoms with van der Waals surface area (Å²) in [5.41, 5.74) is 0. The Kier molecular flexibility index (Phi) is 4.36. The first-order valence-corrected chi connectivity index (χ1v) is 6.46. The topological polar surface area (TPSA) is 51.1 Å². The smallest absolute Gasteiger partial charge is 0.322 e. The van der Waals surface area contributed by atoms with Gasteiger partial charge in [-0.15, -0.1) is 0 Å². The SMILES string of the molecule is CCCCOc1nc(Cl)nc(N2CCCC2)n1. The number of nitrogens with zero attached hydrogens (tertiary/aromatic N) is 4. The lowest BCUT2D eigenvalue weighted by atomic mass is 10.4. The van der Waals surface area contributed by atoms with Crippen LogP contribution in [-0.4, -0.2) is 34.6 Å². The van der Waals surface area contributed by atoms with Crippen molar-refractivity contribution in [3.63, 3.8) is 0 Å². The van der Waals surface area contributed by atoms with Gasteiger partial charge in [0.2, 0.25) is 11.2 Å². The summed E-state index contributed by atoms with van der Waals surface area (Å²) in [6.45, 7) is 4.69. The fourth-order valence-electron chi connectivity index (χ4n) is 1.75. The molecule has 0 amide bonds. The van der Waals surface area contributed by atoms with Crippen LogP contribution < -0.4 is 9.64 Å². The molecule has 6 heteroatoms. The minimum Gasteiger partial charge on any atom is -0.463 e. The third kappa shape index (κ3) is 3.43. The number of halogens is 1. The summed E-state index contributed by atoms with van der Waals surface area (Å²) in [6.07, 6.45) is 4.42. The molecule has 1 aliphatic heterocycles. The lowest BCUT2D eigenvalue weighted by molar-refractivity contribution is 0.284. The van der Waals surface area contributed by atoms with Gasteiger partial charge < -0.3 is 9.64 Å². The molecule has 1 aromatic rings. The Morgan fingerprint density at radius 2 is 2.00 bits per heavy atom. The Morgan fingerprint density at radius 1 is 1.24 bits per heavy atom. The van der Waals surface area contributed by atoms with Crippen molar-refractivity contribution in [2.45, 2.75) is 32.6 Å². The van der Waals surface area contributed by atoms with E-state index in [0.29, 0.717) is 18.6 Å². The molecular formula is C11H17ClN4O. The highest BCUT2D eigenvalue weighted by Crippen LogP contribution is 2.19. The molecule has 17 heavy (non-hydrogen) atoms. The zero-order valence-electron chi connectivity index (χ0n) is 10.0. The van der Waals surface area contributed by atoms with Crippen LogP contribution in [0.1, 0.15) is 32.6 Å². The van der Waals surface area contributed by atoms with Crippen molar-refractivity contribution < 1.29 is 4.74 Å². The van der Waals surface area contributed by atoms with Crippen LogP contribution in [0.15, 0.2) is 0 Å². The molecule has 0 N–H and O–H groups in total. The molecule has 2 rings (SSSR count). The van der Waals surface area contributed by atoms with Crippen LogP contribution in [0.25, 0.3) is 0 Å². The van der Waals surface area contributed by atoms with Gasteiger partial charge in [0.1, 0.15) is 0 Å². The van der Waals surface area contributed by atoms with Crippen molar-refractivity contribution >= 4 is 17.5 Å². The number of anilines is 1. The van der Waals surface area contributed by atoms with Crippen LogP contribution >= 0.6 is 11.6 Å². The van der Waals surface area contributed by atoms with Gasteiger partial charge in [-0.1, -0.05) is 13.3 Å². The van der Waals surface area contributed by atoms with Gasteiger partial charge in [-0.3, -0.25) is 0 Å². The minimum absolute atomic E-state index is 0.202.